The Bertz CT molecular complexity index is 1870. The molecule has 2 fully saturated rings. The lowest BCUT2D eigenvalue weighted by molar-refractivity contribution is -0.174. The van der Waals surface area contributed by atoms with Gasteiger partial charge in [-0.25, -0.2) is 4.79 Å². The number of fused-ring (bicyclic) bond motifs is 3. The van der Waals surface area contributed by atoms with Crippen LogP contribution >= 0.6 is 11.6 Å². The van der Waals surface area contributed by atoms with E-state index in [0.29, 0.717) is 30.3 Å². The second-order valence-electron chi connectivity index (χ2n) is 16.3. The Morgan fingerprint density at radius 3 is 2.56 bits per heavy atom. The number of amides is 1. The summed E-state index contributed by atoms with van der Waals surface area (Å²) in [5.74, 6) is -1.37. The van der Waals surface area contributed by atoms with E-state index in [0.717, 1.165) is 76.3 Å². The zero-order valence-electron chi connectivity index (χ0n) is 32.0. The van der Waals surface area contributed by atoms with E-state index < -0.39 is 29.0 Å². The number of alkyl halides is 3. The molecule has 8 nitrogen and oxygen atoms in total. The molecular weight excluding hydrogens is 729 g/mol. The van der Waals surface area contributed by atoms with E-state index in [9.17, 15) is 22.8 Å². The molecule has 3 aromatic rings. The maximum absolute atomic E-state index is 14.4. The van der Waals surface area contributed by atoms with Crippen LogP contribution in [0.25, 0.3) is 0 Å². The summed E-state index contributed by atoms with van der Waals surface area (Å²) in [4.78, 5) is 35.0. The molecule has 3 atom stereocenters. The SMILES string of the molecule is COC(=O)C1(N(C(=O)C(F)(F)F)c2cccc(Cl)c2)CCC2(CC1)c1cc(CN3CCNCC3)ccc1C[C@@H]2C[C@@H](C)COc1ccnc2c1[C@H](C)CCC2. The molecule has 1 saturated heterocycles. The van der Waals surface area contributed by atoms with Crippen LogP contribution in [0, 0.1) is 11.8 Å². The zero-order valence-corrected chi connectivity index (χ0v) is 32.8. The number of nitrogens with zero attached hydrogens (tertiary/aromatic N) is 3. The Balaban J connectivity index is 1.21. The molecule has 1 aliphatic heterocycles. The van der Waals surface area contributed by atoms with Gasteiger partial charge in [-0.1, -0.05) is 49.7 Å². The average Bonchev–Trinajstić information content (AvgIpc) is 3.45. The topological polar surface area (TPSA) is 84.0 Å². The molecule has 1 spiro atoms. The number of carbonyl (C=O) groups is 2. The number of halogens is 4. The van der Waals surface area contributed by atoms with E-state index in [1.54, 1.807) is 0 Å². The van der Waals surface area contributed by atoms with E-state index in [1.807, 2.05) is 12.3 Å². The normalized spacial score (nSPS) is 25.9. The van der Waals surface area contributed by atoms with Gasteiger partial charge in [0.1, 0.15) is 11.3 Å². The monoisotopic (exact) mass is 780 g/mol. The number of carbonyl (C=O) groups excluding carboxylic acids is 2. The van der Waals surface area contributed by atoms with Crippen LogP contribution in [0.5, 0.6) is 5.75 Å². The maximum atomic E-state index is 14.4. The summed E-state index contributed by atoms with van der Waals surface area (Å²) < 4.78 is 55.1. The van der Waals surface area contributed by atoms with Crippen LogP contribution in [0.4, 0.5) is 18.9 Å². The van der Waals surface area contributed by atoms with Gasteiger partial charge in [0.25, 0.3) is 0 Å². The van der Waals surface area contributed by atoms with E-state index in [1.165, 1.54) is 53.6 Å². The van der Waals surface area contributed by atoms with Crippen molar-refractivity contribution in [1.82, 2.24) is 15.2 Å². The first-order valence-corrected chi connectivity index (χ1v) is 20.1. The van der Waals surface area contributed by atoms with Gasteiger partial charge in [0.15, 0.2) is 0 Å². The number of aromatic nitrogens is 1. The van der Waals surface area contributed by atoms with Gasteiger partial charge < -0.3 is 14.8 Å². The summed E-state index contributed by atoms with van der Waals surface area (Å²) in [6, 6.07) is 14.4. The second kappa shape index (κ2) is 16.1. The molecule has 296 valence electrons. The van der Waals surface area contributed by atoms with Crippen molar-refractivity contribution >= 4 is 29.2 Å². The van der Waals surface area contributed by atoms with Crippen LogP contribution in [0.1, 0.15) is 92.7 Å². The Morgan fingerprint density at radius 2 is 1.85 bits per heavy atom. The number of ether oxygens (including phenoxy) is 2. The minimum absolute atomic E-state index is 0.00209. The first-order valence-electron chi connectivity index (χ1n) is 19.8. The molecule has 0 bridgehead atoms. The van der Waals surface area contributed by atoms with Crippen molar-refractivity contribution in [3.05, 3.63) is 87.7 Å². The van der Waals surface area contributed by atoms with Gasteiger partial charge in [-0.2, -0.15) is 13.2 Å². The fourth-order valence-electron chi connectivity index (χ4n) is 10.1. The van der Waals surface area contributed by atoms with Crippen molar-refractivity contribution in [3.8, 4) is 5.75 Å². The summed E-state index contributed by atoms with van der Waals surface area (Å²) in [6.45, 7) is 9.55. The molecule has 2 heterocycles. The van der Waals surface area contributed by atoms with Crippen LogP contribution in [0.3, 0.4) is 0 Å². The third-order valence-corrected chi connectivity index (χ3v) is 13.1. The van der Waals surface area contributed by atoms with Crippen molar-refractivity contribution < 1.29 is 32.2 Å². The van der Waals surface area contributed by atoms with Gasteiger partial charge >= 0.3 is 18.1 Å². The molecule has 3 aliphatic carbocycles. The first kappa shape index (κ1) is 39.6. The molecular formula is C43H52ClF3N4O4. The molecule has 12 heteroatoms. The number of rotatable bonds is 10. The highest BCUT2D eigenvalue weighted by molar-refractivity contribution is 6.31. The van der Waals surface area contributed by atoms with Gasteiger partial charge in [0, 0.05) is 60.9 Å². The van der Waals surface area contributed by atoms with Gasteiger partial charge in [0.2, 0.25) is 0 Å². The molecule has 4 aliphatic rings. The largest absolute Gasteiger partial charge is 0.493 e. The highest BCUT2D eigenvalue weighted by Crippen LogP contribution is 2.57. The second-order valence-corrected chi connectivity index (χ2v) is 16.8. The standard InChI is InChI=1S/C43H52ClF3N4O4/c1-28(27-55-37-12-17-49-36-9-4-6-29(2)38(36)37)22-32-24-31-11-10-30(26-50-20-18-48-19-21-50)23-35(31)41(32)13-15-42(16-14-41,40(53)54-3)51(39(52)43(45,46)47)34-8-5-7-33(44)25-34/h5,7-8,10-12,17,23,25,28-29,32,48H,4,6,9,13-16,18-22,24,26-27H2,1-3H3/t28-,29-,32+,41?,42?/m1/s1. The predicted molar refractivity (Wildman–Crippen MR) is 207 cm³/mol. The molecule has 7 rings (SSSR count). The maximum Gasteiger partial charge on any atom is 0.471 e. The van der Waals surface area contributed by atoms with Crippen LogP contribution in [0.15, 0.2) is 54.7 Å². The number of nitrogens with one attached hydrogen (secondary N) is 1. The van der Waals surface area contributed by atoms with Crippen molar-refractivity contribution in [3.63, 3.8) is 0 Å². The number of methoxy groups -OCH3 is 1. The quantitative estimate of drug-likeness (QED) is 0.208. The van der Waals surface area contributed by atoms with E-state index in [2.05, 4.69) is 47.2 Å². The Hall–Kier alpha value is -3.67. The van der Waals surface area contributed by atoms with Crippen molar-refractivity contribution in [2.75, 3.05) is 44.8 Å². The third kappa shape index (κ3) is 7.86. The van der Waals surface area contributed by atoms with Crippen LogP contribution in [-0.2, 0) is 39.1 Å². The number of hydrogen-bond acceptors (Lipinski definition) is 7. The Kier molecular flexibility index (Phi) is 11.6. The number of esters is 1. The average molecular weight is 781 g/mol. The summed E-state index contributed by atoms with van der Waals surface area (Å²) >= 11 is 6.26. The lowest BCUT2D eigenvalue weighted by Crippen LogP contribution is -2.63. The molecule has 1 N–H and O–H groups in total. The Labute approximate surface area is 327 Å². The lowest BCUT2D eigenvalue weighted by atomic mass is 9.59. The zero-order chi connectivity index (χ0) is 39.0. The van der Waals surface area contributed by atoms with Crippen LogP contribution in [-0.4, -0.2) is 73.4 Å². The summed E-state index contributed by atoms with van der Waals surface area (Å²) in [7, 11) is 1.17. The minimum atomic E-state index is -5.23. The molecule has 0 unspecified atom stereocenters. The first-order chi connectivity index (χ1) is 26.3. The number of pyridine rings is 1. The van der Waals surface area contributed by atoms with Gasteiger partial charge in [-0.15, -0.1) is 0 Å². The third-order valence-electron chi connectivity index (χ3n) is 12.8. The number of benzene rings is 2. The number of hydrogen-bond donors (Lipinski definition) is 1. The van der Waals surface area contributed by atoms with Crippen molar-refractivity contribution in [2.24, 2.45) is 11.8 Å². The highest BCUT2D eigenvalue weighted by Gasteiger charge is 2.60. The molecule has 0 radical (unpaired) electrons. The number of anilines is 1. The summed E-state index contributed by atoms with van der Waals surface area (Å²) in [5, 5.41) is 3.57. The van der Waals surface area contributed by atoms with Gasteiger partial charge in [0.05, 0.1) is 13.7 Å². The minimum Gasteiger partial charge on any atom is -0.493 e. The summed E-state index contributed by atoms with van der Waals surface area (Å²) in [5.41, 5.74) is 3.60. The fraction of sp³-hybridized carbons (Fsp3) is 0.558. The Morgan fingerprint density at radius 1 is 1.09 bits per heavy atom. The molecule has 55 heavy (non-hydrogen) atoms. The molecule has 1 aromatic heterocycles. The van der Waals surface area contributed by atoms with E-state index in [4.69, 9.17) is 21.1 Å². The predicted octanol–water partition coefficient (Wildman–Crippen LogP) is 8.18. The van der Waals surface area contributed by atoms with E-state index in [-0.39, 0.29) is 35.4 Å². The lowest BCUT2D eigenvalue weighted by Gasteiger charge is -2.51. The van der Waals surface area contributed by atoms with E-state index >= 15 is 0 Å². The van der Waals surface area contributed by atoms with Crippen molar-refractivity contribution in [2.45, 2.75) is 101 Å². The fourth-order valence-corrected chi connectivity index (χ4v) is 10.3. The molecule has 2 aromatic carbocycles. The molecule has 1 amide bonds. The highest BCUT2D eigenvalue weighted by atomic mass is 35.5. The summed E-state index contributed by atoms with van der Waals surface area (Å²) in [6.07, 6.45) is 2.25. The van der Waals surface area contributed by atoms with Crippen LogP contribution < -0.4 is 15.0 Å². The van der Waals surface area contributed by atoms with Gasteiger partial charge in [-0.3, -0.25) is 19.6 Å². The smallest absolute Gasteiger partial charge is 0.471 e. The molecule has 1 saturated carbocycles. The van der Waals surface area contributed by atoms with Gasteiger partial charge in [-0.05, 0) is 122 Å². The van der Waals surface area contributed by atoms with Crippen LogP contribution in [0.2, 0.25) is 5.02 Å². The number of piperazine rings is 1. The van der Waals surface area contributed by atoms with Crippen molar-refractivity contribution in [1.29, 1.82) is 0 Å². The number of aryl methyl sites for hydroxylation is 1.